The first kappa shape index (κ1) is 13.0. The van der Waals surface area contributed by atoms with Gasteiger partial charge in [-0.25, -0.2) is 8.78 Å². The van der Waals surface area contributed by atoms with Crippen LogP contribution in [0, 0.1) is 24.0 Å². The molecule has 0 spiro atoms. The molecule has 1 aromatic carbocycles. The SMILES string of the molecule is C#CCNC(=O)CN(C)c1c(F)cccc1F. The molecule has 0 unspecified atom stereocenters. The van der Waals surface area contributed by atoms with Gasteiger partial charge in [-0.2, -0.15) is 0 Å². The van der Waals surface area contributed by atoms with Gasteiger partial charge in [-0.15, -0.1) is 6.42 Å². The van der Waals surface area contributed by atoms with Crippen molar-refractivity contribution in [1.82, 2.24) is 5.32 Å². The molecule has 0 fully saturated rings. The van der Waals surface area contributed by atoms with Gasteiger partial charge in [0.25, 0.3) is 0 Å². The van der Waals surface area contributed by atoms with E-state index in [1.807, 2.05) is 0 Å². The molecule has 17 heavy (non-hydrogen) atoms. The van der Waals surface area contributed by atoms with Crippen molar-refractivity contribution in [2.24, 2.45) is 0 Å². The third-order valence-electron chi connectivity index (χ3n) is 2.09. The van der Waals surface area contributed by atoms with Crippen molar-refractivity contribution in [1.29, 1.82) is 0 Å². The molecule has 0 aliphatic carbocycles. The molecule has 1 N–H and O–H groups in total. The van der Waals surface area contributed by atoms with Crippen molar-refractivity contribution < 1.29 is 13.6 Å². The Bertz CT molecular complexity index is 434. The van der Waals surface area contributed by atoms with Crippen LogP contribution in [0.1, 0.15) is 0 Å². The second-order valence-corrected chi connectivity index (χ2v) is 3.41. The van der Waals surface area contributed by atoms with Gasteiger partial charge in [0.2, 0.25) is 5.91 Å². The van der Waals surface area contributed by atoms with Crippen LogP contribution in [0.5, 0.6) is 0 Å². The van der Waals surface area contributed by atoms with Gasteiger partial charge in [-0.05, 0) is 12.1 Å². The van der Waals surface area contributed by atoms with Crippen LogP contribution in [-0.4, -0.2) is 26.0 Å². The van der Waals surface area contributed by atoms with Crippen molar-refractivity contribution in [2.75, 3.05) is 25.0 Å². The van der Waals surface area contributed by atoms with Crippen LogP contribution in [-0.2, 0) is 4.79 Å². The molecule has 1 amide bonds. The third-order valence-corrected chi connectivity index (χ3v) is 2.09. The third kappa shape index (κ3) is 3.45. The number of terminal acetylenes is 1. The maximum Gasteiger partial charge on any atom is 0.240 e. The molecule has 1 aromatic rings. The fourth-order valence-corrected chi connectivity index (χ4v) is 1.35. The van der Waals surface area contributed by atoms with Crippen LogP contribution in [0.25, 0.3) is 0 Å². The van der Waals surface area contributed by atoms with E-state index in [1.54, 1.807) is 0 Å². The molecule has 0 aliphatic heterocycles. The van der Waals surface area contributed by atoms with Crippen LogP contribution < -0.4 is 10.2 Å². The van der Waals surface area contributed by atoms with Gasteiger partial charge >= 0.3 is 0 Å². The summed E-state index contributed by atoms with van der Waals surface area (Å²) in [6, 6.07) is 3.53. The molecule has 90 valence electrons. The van der Waals surface area contributed by atoms with E-state index in [2.05, 4.69) is 11.2 Å². The van der Waals surface area contributed by atoms with E-state index in [0.29, 0.717) is 0 Å². The number of halogens is 2. The first-order chi connectivity index (χ1) is 8.06. The Balaban J connectivity index is 2.73. The number of carbonyl (C=O) groups is 1. The van der Waals surface area contributed by atoms with Crippen molar-refractivity contribution in [3.05, 3.63) is 29.8 Å². The Morgan fingerprint density at radius 1 is 1.47 bits per heavy atom. The minimum absolute atomic E-state index is 0.0897. The molecule has 0 saturated carbocycles. The van der Waals surface area contributed by atoms with Crippen LogP contribution in [0.15, 0.2) is 18.2 Å². The molecule has 0 saturated heterocycles. The Morgan fingerprint density at radius 2 is 2.06 bits per heavy atom. The number of amides is 1. The summed E-state index contributed by atoms with van der Waals surface area (Å²) < 4.78 is 26.7. The molecule has 0 heterocycles. The first-order valence-electron chi connectivity index (χ1n) is 4.91. The quantitative estimate of drug-likeness (QED) is 0.798. The minimum atomic E-state index is -0.711. The molecule has 0 bridgehead atoms. The van der Waals surface area contributed by atoms with Gasteiger partial charge in [-0.3, -0.25) is 4.79 Å². The molecule has 0 aromatic heterocycles. The molecule has 0 atom stereocenters. The van der Waals surface area contributed by atoms with E-state index in [1.165, 1.54) is 18.0 Å². The summed E-state index contributed by atoms with van der Waals surface area (Å²) in [5.74, 6) is 0.419. The van der Waals surface area contributed by atoms with Gasteiger partial charge in [0.05, 0.1) is 13.1 Å². The maximum atomic E-state index is 13.4. The summed E-state index contributed by atoms with van der Waals surface area (Å²) >= 11 is 0. The lowest BCUT2D eigenvalue weighted by Gasteiger charge is -2.19. The average molecular weight is 238 g/mol. The zero-order chi connectivity index (χ0) is 12.8. The maximum absolute atomic E-state index is 13.4. The highest BCUT2D eigenvalue weighted by atomic mass is 19.1. The van der Waals surface area contributed by atoms with Crippen LogP contribution in [0.4, 0.5) is 14.5 Å². The Morgan fingerprint density at radius 3 is 2.59 bits per heavy atom. The highest BCUT2D eigenvalue weighted by Crippen LogP contribution is 2.21. The number of benzene rings is 1. The predicted octanol–water partition coefficient (Wildman–Crippen LogP) is 1.15. The summed E-state index contributed by atoms with van der Waals surface area (Å²) in [5.41, 5.74) is -0.233. The molecular weight excluding hydrogens is 226 g/mol. The van der Waals surface area contributed by atoms with E-state index in [9.17, 15) is 13.6 Å². The lowest BCUT2D eigenvalue weighted by atomic mass is 10.2. The summed E-state index contributed by atoms with van der Waals surface area (Å²) in [5, 5.41) is 2.41. The number of hydrogen-bond acceptors (Lipinski definition) is 2. The first-order valence-corrected chi connectivity index (χ1v) is 4.91. The highest BCUT2D eigenvalue weighted by molar-refractivity contribution is 5.81. The number of nitrogens with one attached hydrogen (secondary N) is 1. The number of para-hydroxylation sites is 1. The molecular formula is C12H12F2N2O. The molecule has 1 rings (SSSR count). The number of likely N-dealkylation sites (N-methyl/N-ethyl adjacent to an activating group) is 1. The fraction of sp³-hybridized carbons (Fsp3) is 0.250. The Kier molecular flexibility index (Phi) is 4.46. The number of anilines is 1. The summed E-state index contributed by atoms with van der Waals surface area (Å²) in [6.07, 6.45) is 4.97. The van der Waals surface area contributed by atoms with Gasteiger partial charge in [0.15, 0.2) is 0 Å². The van der Waals surface area contributed by atoms with E-state index < -0.39 is 17.5 Å². The Hall–Kier alpha value is -2.09. The van der Waals surface area contributed by atoms with Crippen LogP contribution in [0.2, 0.25) is 0 Å². The zero-order valence-electron chi connectivity index (χ0n) is 9.34. The highest BCUT2D eigenvalue weighted by Gasteiger charge is 2.15. The second-order valence-electron chi connectivity index (χ2n) is 3.41. The number of carbonyl (C=O) groups excluding carboxylic acids is 1. The van der Waals surface area contributed by atoms with E-state index in [4.69, 9.17) is 6.42 Å². The summed E-state index contributed by atoms with van der Waals surface area (Å²) in [7, 11) is 1.43. The van der Waals surface area contributed by atoms with Gasteiger partial charge in [0.1, 0.15) is 17.3 Å². The summed E-state index contributed by atoms with van der Waals surface area (Å²) in [4.78, 5) is 12.5. The van der Waals surface area contributed by atoms with Crippen LogP contribution in [0.3, 0.4) is 0 Å². The lowest BCUT2D eigenvalue weighted by Crippen LogP contribution is -2.36. The number of rotatable bonds is 4. The number of hydrogen-bond donors (Lipinski definition) is 1. The zero-order valence-corrected chi connectivity index (χ0v) is 9.34. The fourth-order valence-electron chi connectivity index (χ4n) is 1.35. The van der Waals surface area contributed by atoms with Crippen molar-refractivity contribution in [3.63, 3.8) is 0 Å². The Labute approximate surface area is 98.4 Å². The average Bonchev–Trinajstić information content (AvgIpc) is 2.26. The summed E-state index contributed by atoms with van der Waals surface area (Å²) in [6.45, 7) is -0.0774. The van der Waals surface area contributed by atoms with Gasteiger partial charge in [-0.1, -0.05) is 12.0 Å². The molecule has 0 aliphatic rings. The van der Waals surface area contributed by atoms with E-state index in [-0.39, 0.29) is 18.8 Å². The van der Waals surface area contributed by atoms with Gasteiger partial charge < -0.3 is 10.2 Å². The van der Waals surface area contributed by atoms with Crippen molar-refractivity contribution >= 4 is 11.6 Å². The minimum Gasteiger partial charge on any atom is -0.361 e. The molecule has 0 radical (unpaired) electrons. The van der Waals surface area contributed by atoms with Crippen molar-refractivity contribution in [2.45, 2.75) is 0 Å². The van der Waals surface area contributed by atoms with Crippen LogP contribution >= 0.6 is 0 Å². The monoisotopic (exact) mass is 238 g/mol. The lowest BCUT2D eigenvalue weighted by molar-refractivity contribution is -0.119. The van der Waals surface area contributed by atoms with Gasteiger partial charge in [0, 0.05) is 7.05 Å². The second kappa shape index (κ2) is 5.85. The van der Waals surface area contributed by atoms with E-state index >= 15 is 0 Å². The molecule has 5 heteroatoms. The van der Waals surface area contributed by atoms with E-state index in [0.717, 1.165) is 12.1 Å². The van der Waals surface area contributed by atoms with Crippen molar-refractivity contribution in [3.8, 4) is 12.3 Å². The predicted molar refractivity (Wildman–Crippen MR) is 61.5 cm³/mol. The standard InChI is InChI=1S/C12H12F2N2O/c1-3-7-15-11(17)8-16(2)12-9(13)5-4-6-10(12)14/h1,4-6H,7-8H2,2H3,(H,15,17). The smallest absolute Gasteiger partial charge is 0.240 e. The normalized spacial score (nSPS) is 9.53. The molecule has 3 nitrogen and oxygen atoms in total. The topological polar surface area (TPSA) is 32.3 Å². The number of nitrogens with zero attached hydrogens (tertiary/aromatic N) is 1. The largest absolute Gasteiger partial charge is 0.361 e.